The van der Waals surface area contributed by atoms with Gasteiger partial charge in [0.25, 0.3) is 11.8 Å². The molecular formula is C25H25N3O3. The van der Waals surface area contributed by atoms with Gasteiger partial charge in [0.05, 0.1) is 12.8 Å². The molecule has 0 spiro atoms. The van der Waals surface area contributed by atoms with E-state index in [1.54, 1.807) is 18.2 Å². The third kappa shape index (κ3) is 7.12. The molecule has 31 heavy (non-hydrogen) atoms. The predicted octanol–water partition coefficient (Wildman–Crippen LogP) is 3.76. The summed E-state index contributed by atoms with van der Waals surface area (Å²) in [5.41, 5.74) is 7.03. The standard InChI is InChI=1S/C25H25N3O3/c1-18-6-8-21(9-7-18)17-31-23-12-10-20(11-13-23)15-27-28-24(29)16-26-25(30)22-5-3-4-19(2)14-22/h3-15H,16-17H2,1-2H3,(H,26,30)(H,28,29)/b27-15-. The first-order valence-corrected chi connectivity index (χ1v) is 9.95. The summed E-state index contributed by atoms with van der Waals surface area (Å²) >= 11 is 0. The van der Waals surface area contributed by atoms with Crippen LogP contribution < -0.4 is 15.5 Å². The van der Waals surface area contributed by atoms with E-state index in [1.807, 2.05) is 49.4 Å². The molecule has 0 bridgehead atoms. The van der Waals surface area contributed by atoms with Crippen molar-refractivity contribution in [2.45, 2.75) is 20.5 Å². The lowest BCUT2D eigenvalue weighted by Crippen LogP contribution is -2.34. The van der Waals surface area contributed by atoms with E-state index >= 15 is 0 Å². The number of nitrogens with zero attached hydrogens (tertiary/aromatic N) is 1. The van der Waals surface area contributed by atoms with Crippen molar-refractivity contribution < 1.29 is 14.3 Å². The van der Waals surface area contributed by atoms with Crippen LogP contribution in [0, 0.1) is 13.8 Å². The van der Waals surface area contributed by atoms with E-state index in [2.05, 4.69) is 34.9 Å². The number of carbonyl (C=O) groups excluding carboxylic acids is 2. The molecule has 3 aromatic carbocycles. The number of aryl methyl sites for hydroxylation is 2. The van der Waals surface area contributed by atoms with Gasteiger partial charge in [-0.3, -0.25) is 9.59 Å². The average molecular weight is 415 g/mol. The molecule has 0 aliphatic rings. The van der Waals surface area contributed by atoms with Crippen LogP contribution in [0.1, 0.15) is 32.6 Å². The number of nitrogens with one attached hydrogen (secondary N) is 2. The van der Waals surface area contributed by atoms with Crippen LogP contribution in [0.15, 0.2) is 77.9 Å². The monoisotopic (exact) mass is 415 g/mol. The van der Waals surface area contributed by atoms with E-state index in [1.165, 1.54) is 11.8 Å². The van der Waals surface area contributed by atoms with Gasteiger partial charge in [0, 0.05) is 5.56 Å². The Hall–Kier alpha value is -3.93. The van der Waals surface area contributed by atoms with Gasteiger partial charge in [-0.1, -0.05) is 47.5 Å². The summed E-state index contributed by atoms with van der Waals surface area (Å²) in [5.74, 6) is 0.0416. The second-order valence-corrected chi connectivity index (χ2v) is 7.19. The van der Waals surface area contributed by atoms with E-state index in [-0.39, 0.29) is 12.5 Å². The van der Waals surface area contributed by atoms with Crippen molar-refractivity contribution in [1.29, 1.82) is 0 Å². The van der Waals surface area contributed by atoms with Crippen LogP contribution in [0.2, 0.25) is 0 Å². The van der Waals surface area contributed by atoms with E-state index in [0.29, 0.717) is 12.2 Å². The average Bonchev–Trinajstić information content (AvgIpc) is 2.78. The second kappa shape index (κ2) is 10.7. The summed E-state index contributed by atoms with van der Waals surface area (Å²) in [6.45, 7) is 4.30. The molecule has 0 fully saturated rings. The Morgan fingerprint density at radius 2 is 1.68 bits per heavy atom. The van der Waals surface area contributed by atoms with Gasteiger partial charge in [0.15, 0.2) is 0 Å². The van der Waals surface area contributed by atoms with Crippen molar-refractivity contribution in [2.24, 2.45) is 5.10 Å². The lowest BCUT2D eigenvalue weighted by atomic mass is 10.1. The molecule has 6 heteroatoms. The molecule has 0 saturated carbocycles. The van der Waals surface area contributed by atoms with Gasteiger partial charge >= 0.3 is 0 Å². The lowest BCUT2D eigenvalue weighted by Gasteiger charge is -2.07. The number of hydrogen-bond acceptors (Lipinski definition) is 4. The molecule has 0 aliphatic heterocycles. The van der Waals surface area contributed by atoms with Crippen LogP contribution in [0.25, 0.3) is 0 Å². The van der Waals surface area contributed by atoms with Crippen LogP contribution in [-0.2, 0) is 11.4 Å². The van der Waals surface area contributed by atoms with Crippen LogP contribution >= 0.6 is 0 Å². The first-order chi connectivity index (χ1) is 15.0. The van der Waals surface area contributed by atoms with Gasteiger partial charge in [0.2, 0.25) is 0 Å². The fourth-order valence-electron chi connectivity index (χ4n) is 2.77. The smallest absolute Gasteiger partial charge is 0.259 e. The third-order valence-electron chi connectivity index (χ3n) is 4.50. The van der Waals surface area contributed by atoms with Gasteiger partial charge in [-0.15, -0.1) is 0 Å². The zero-order valence-corrected chi connectivity index (χ0v) is 17.6. The maximum atomic E-state index is 12.0. The number of ether oxygens (including phenoxy) is 1. The number of carbonyl (C=O) groups is 2. The van der Waals surface area contributed by atoms with Gasteiger partial charge in [0.1, 0.15) is 12.4 Å². The highest BCUT2D eigenvalue weighted by molar-refractivity contribution is 5.96. The largest absolute Gasteiger partial charge is 0.489 e. The van der Waals surface area contributed by atoms with Crippen LogP contribution in [0.4, 0.5) is 0 Å². The lowest BCUT2D eigenvalue weighted by molar-refractivity contribution is -0.120. The zero-order valence-electron chi connectivity index (χ0n) is 17.6. The first kappa shape index (κ1) is 21.8. The topological polar surface area (TPSA) is 79.8 Å². The molecule has 0 radical (unpaired) electrons. The molecule has 3 aromatic rings. The molecular weight excluding hydrogens is 390 g/mol. The molecule has 2 N–H and O–H groups in total. The molecule has 6 nitrogen and oxygen atoms in total. The van der Waals surface area contributed by atoms with E-state index in [0.717, 1.165) is 22.4 Å². The fourth-order valence-corrected chi connectivity index (χ4v) is 2.77. The van der Waals surface area contributed by atoms with Crippen molar-refractivity contribution in [3.63, 3.8) is 0 Å². The first-order valence-electron chi connectivity index (χ1n) is 9.95. The van der Waals surface area contributed by atoms with Crippen molar-refractivity contribution in [1.82, 2.24) is 10.7 Å². The van der Waals surface area contributed by atoms with Gasteiger partial charge in [-0.25, -0.2) is 5.43 Å². The number of rotatable bonds is 8. The number of hydrogen-bond donors (Lipinski definition) is 2. The minimum atomic E-state index is -0.407. The summed E-state index contributed by atoms with van der Waals surface area (Å²) < 4.78 is 5.77. The number of benzene rings is 3. The number of amides is 2. The Kier molecular flexibility index (Phi) is 7.54. The molecule has 0 aliphatic carbocycles. The minimum Gasteiger partial charge on any atom is -0.489 e. The van der Waals surface area contributed by atoms with Gasteiger partial charge in [-0.2, -0.15) is 5.10 Å². The SMILES string of the molecule is Cc1ccc(COc2ccc(/C=N\NC(=O)CNC(=O)c3cccc(C)c3)cc2)cc1. The van der Waals surface area contributed by atoms with E-state index in [4.69, 9.17) is 4.74 Å². The molecule has 0 aromatic heterocycles. The van der Waals surface area contributed by atoms with Crippen molar-refractivity contribution in [3.05, 3.63) is 101 Å². The van der Waals surface area contributed by atoms with Crippen LogP contribution in [0.5, 0.6) is 5.75 Å². The van der Waals surface area contributed by atoms with E-state index < -0.39 is 5.91 Å². The quantitative estimate of drug-likeness (QED) is 0.434. The minimum absolute atomic E-state index is 0.157. The Labute approximate surface area is 182 Å². The molecule has 158 valence electrons. The molecule has 3 rings (SSSR count). The number of hydrazone groups is 1. The summed E-state index contributed by atoms with van der Waals surface area (Å²) in [7, 11) is 0. The maximum Gasteiger partial charge on any atom is 0.259 e. The van der Waals surface area contributed by atoms with Crippen molar-refractivity contribution >= 4 is 18.0 Å². The fraction of sp³-hybridized carbons (Fsp3) is 0.160. The highest BCUT2D eigenvalue weighted by Gasteiger charge is 2.07. The van der Waals surface area contributed by atoms with Gasteiger partial charge in [-0.05, 0) is 61.4 Å². The Morgan fingerprint density at radius 1 is 0.935 bits per heavy atom. The highest BCUT2D eigenvalue weighted by Crippen LogP contribution is 2.14. The normalized spacial score (nSPS) is 10.6. The Balaban J connectivity index is 1.41. The second-order valence-electron chi connectivity index (χ2n) is 7.19. The molecule has 0 atom stereocenters. The zero-order chi connectivity index (χ0) is 22.1. The molecule has 0 unspecified atom stereocenters. The van der Waals surface area contributed by atoms with Crippen LogP contribution in [0.3, 0.4) is 0 Å². The van der Waals surface area contributed by atoms with E-state index in [9.17, 15) is 9.59 Å². The maximum absolute atomic E-state index is 12.0. The molecule has 0 saturated heterocycles. The highest BCUT2D eigenvalue weighted by atomic mass is 16.5. The summed E-state index contributed by atoms with van der Waals surface area (Å²) in [6.07, 6.45) is 1.53. The van der Waals surface area contributed by atoms with Crippen LogP contribution in [-0.4, -0.2) is 24.6 Å². The third-order valence-corrected chi connectivity index (χ3v) is 4.50. The van der Waals surface area contributed by atoms with Crippen molar-refractivity contribution in [3.8, 4) is 5.75 Å². The van der Waals surface area contributed by atoms with Gasteiger partial charge < -0.3 is 10.1 Å². The summed E-state index contributed by atoms with van der Waals surface area (Å²) in [4.78, 5) is 23.9. The Morgan fingerprint density at radius 3 is 2.39 bits per heavy atom. The Bertz CT molecular complexity index is 1060. The summed E-state index contributed by atoms with van der Waals surface area (Å²) in [5, 5.41) is 6.49. The molecule has 2 amide bonds. The van der Waals surface area contributed by atoms with Crippen molar-refractivity contribution in [2.75, 3.05) is 6.54 Å². The molecule has 0 heterocycles. The summed E-state index contributed by atoms with van der Waals surface area (Å²) in [6, 6.07) is 22.8. The predicted molar refractivity (Wildman–Crippen MR) is 121 cm³/mol.